The fourth-order valence-electron chi connectivity index (χ4n) is 2.56. The molecule has 0 aliphatic heterocycles. The van der Waals surface area contributed by atoms with Gasteiger partial charge in [-0.3, -0.25) is 10.1 Å². The van der Waals surface area contributed by atoms with E-state index >= 15 is 0 Å². The fourth-order valence-corrected chi connectivity index (χ4v) is 3.27. The molecule has 0 heterocycles. The zero-order valence-corrected chi connectivity index (χ0v) is 16.0. The Morgan fingerprint density at radius 2 is 1.63 bits per heavy atom. The summed E-state index contributed by atoms with van der Waals surface area (Å²) in [6.07, 6.45) is 0. The van der Waals surface area contributed by atoms with Gasteiger partial charge in [0.1, 0.15) is 0 Å². The molecule has 0 atom stereocenters. The van der Waals surface area contributed by atoms with Crippen molar-refractivity contribution in [2.24, 2.45) is 0 Å². The number of rotatable bonds is 3. The third-order valence-corrected chi connectivity index (χ3v) is 4.63. The van der Waals surface area contributed by atoms with Gasteiger partial charge in [0.05, 0.1) is 21.3 Å². The number of hydrogen-bond donors (Lipinski definition) is 3. The van der Waals surface area contributed by atoms with Crippen molar-refractivity contribution in [3.63, 3.8) is 0 Å². The number of anilines is 1. The molecule has 1 amide bonds. The maximum Gasteiger partial charge on any atom is 0.337 e. The van der Waals surface area contributed by atoms with Crippen molar-refractivity contribution in [2.75, 3.05) is 5.32 Å². The molecule has 0 unspecified atom stereocenters. The van der Waals surface area contributed by atoms with E-state index in [-0.39, 0.29) is 26.4 Å². The van der Waals surface area contributed by atoms with E-state index in [2.05, 4.69) is 10.6 Å². The predicted octanol–water partition coefficient (Wildman–Crippen LogP) is 4.97. The molecule has 3 N–H and O–H groups in total. The largest absolute Gasteiger partial charge is 0.478 e. The molecule has 0 aliphatic rings. The van der Waals surface area contributed by atoms with Gasteiger partial charge in [-0.2, -0.15) is 0 Å². The van der Waals surface area contributed by atoms with E-state index in [4.69, 9.17) is 40.5 Å². The number of amides is 1. The number of carbonyl (C=O) groups excluding carboxylic acids is 1. The van der Waals surface area contributed by atoms with Crippen LogP contribution in [-0.2, 0) is 0 Å². The lowest BCUT2D eigenvalue weighted by Gasteiger charge is -2.13. The van der Waals surface area contributed by atoms with Crippen molar-refractivity contribution in [1.82, 2.24) is 5.32 Å². The Morgan fingerprint density at radius 1 is 0.926 bits per heavy atom. The molecular weight excluding hydrogens is 407 g/mol. The quantitative estimate of drug-likeness (QED) is 0.523. The lowest BCUT2D eigenvalue weighted by molar-refractivity contribution is 0.0697. The molecule has 0 radical (unpaired) electrons. The molecule has 8 heteroatoms. The van der Waals surface area contributed by atoms with Gasteiger partial charge in [0, 0.05) is 5.56 Å². The molecule has 27 heavy (non-hydrogen) atoms. The van der Waals surface area contributed by atoms with E-state index in [1.54, 1.807) is 12.1 Å². The molecule has 3 aromatic rings. The number of carboxylic acids is 1. The lowest BCUT2D eigenvalue weighted by Crippen LogP contribution is -2.34. The first-order valence-corrected chi connectivity index (χ1v) is 8.85. The highest BCUT2D eigenvalue weighted by molar-refractivity contribution is 7.80. The highest BCUT2D eigenvalue weighted by atomic mass is 35.5. The minimum atomic E-state index is -1.20. The number of nitrogens with one attached hydrogen (secondary N) is 2. The minimum absolute atomic E-state index is 0.00348. The molecule has 5 nitrogen and oxygen atoms in total. The molecule has 0 saturated carbocycles. The Labute approximate surface area is 169 Å². The van der Waals surface area contributed by atoms with Crippen LogP contribution in [0.2, 0.25) is 10.0 Å². The van der Waals surface area contributed by atoms with Gasteiger partial charge in [0.2, 0.25) is 0 Å². The lowest BCUT2D eigenvalue weighted by atomic mass is 10.0. The second-order valence-electron chi connectivity index (χ2n) is 5.55. The van der Waals surface area contributed by atoms with Gasteiger partial charge in [-0.25, -0.2) is 4.79 Å². The summed E-state index contributed by atoms with van der Waals surface area (Å²) in [6.45, 7) is 0. The van der Waals surface area contributed by atoms with Gasteiger partial charge < -0.3 is 10.4 Å². The molecule has 3 rings (SSSR count). The summed E-state index contributed by atoms with van der Waals surface area (Å²) in [6, 6.07) is 15.4. The zero-order valence-electron chi connectivity index (χ0n) is 13.6. The molecule has 0 spiro atoms. The number of carboxylic acid groups (broad SMARTS) is 1. The highest BCUT2D eigenvalue weighted by Crippen LogP contribution is 2.29. The van der Waals surface area contributed by atoms with E-state index in [0.717, 1.165) is 10.8 Å². The number of aromatic carboxylic acids is 1. The van der Waals surface area contributed by atoms with Crippen LogP contribution in [0.5, 0.6) is 0 Å². The second kappa shape index (κ2) is 7.92. The molecule has 136 valence electrons. The minimum Gasteiger partial charge on any atom is -0.478 e. The molecule has 0 aromatic heterocycles. The van der Waals surface area contributed by atoms with Crippen LogP contribution in [-0.4, -0.2) is 22.1 Å². The van der Waals surface area contributed by atoms with Gasteiger partial charge in [-0.05, 0) is 41.2 Å². The summed E-state index contributed by atoms with van der Waals surface area (Å²) >= 11 is 17.1. The number of halogens is 2. The first-order chi connectivity index (χ1) is 12.9. The summed E-state index contributed by atoms with van der Waals surface area (Å²) in [4.78, 5) is 23.8. The summed E-state index contributed by atoms with van der Waals surface area (Å²) < 4.78 is 0. The van der Waals surface area contributed by atoms with Crippen molar-refractivity contribution in [1.29, 1.82) is 0 Å². The average Bonchev–Trinajstić information content (AvgIpc) is 2.63. The summed E-state index contributed by atoms with van der Waals surface area (Å²) in [5.74, 6) is -1.60. The third kappa shape index (κ3) is 4.19. The van der Waals surface area contributed by atoms with Crippen LogP contribution in [0, 0.1) is 0 Å². The van der Waals surface area contributed by atoms with E-state index in [9.17, 15) is 9.59 Å². The predicted molar refractivity (Wildman–Crippen MR) is 111 cm³/mol. The molecule has 0 aliphatic carbocycles. The van der Waals surface area contributed by atoms with Crippen LogP contribution in [0.25, 0.3) is 10.8 Å². The fraction of sp³-hybridized carbons (Fsp3) is 0. The third-order valence-electron chi connectivity index (χ3n) is 3.80. The van der Waals surface area contributed by atoms with Gasteiger partial charge in [-0.1, -0.05) is 59.6 Å². The van der Waals surface area contributed by atoms with Crippen LogP contribution >= 0.6 is 35.4 Å². The van der Waals surface area contributed by atoms with E-state index in [0.29, 0.717) is 5.56 Å². The first kappa shape index (κ1) is 19.1. The van der Waals surface area contributed by atoms with Gasteiger partial charge in [0.25, 0.3) is 5.91 Å². The summed E-state index contributed by atoms with van der Waals surface area (Å²) in [5, 5.41) is 16.3. The SMILES string of the molecule is O=C(O)c1cc(NC(=S)NC(=O)c2cccc3ccccc23)c(Cl)cc1Cl. The van der Waals surface area contributed by atoms with Crippen molar-refractivity contribution >= 4 is 68.9 Å². The van der Waals surface area contributed by atoms with Gasteiger partial charge >= 0.3 is 5.97 Å². The van der Waals surface area contributed by atoms with Crippen LogP contribution in [0.4, 0.5) is 5.69 Å². The normalized spacial score (nSPS) is 10.4. The maximum absolute atomic E-state index is 12.6. The number of fused-ring (bicyclic) bond motifs is 1. The molecule has 0 fully saturated rings. The van der Waals surface area contributed by atoms with Gasteiger partial charge in [0.15, 0.2) is 5.11 Å². The molecular formula is C19H12Cl2N2O3S. The Hall–Kier alpha value is -2.67. The van der Waals surface area contributed by atoms with Crippen LogP contribution in [0.3, 0.4) is 0 Å². The summed E-state index contributed by atoms with van der Waals surface area (Å²) in [5.41, 5.74) is 0.555. The van der Waals surface area contributed by atoms with Crippen molar-refractivity contribution in [2.45, 2.75) is 0 Å². The molecule has 0 bridgehead atoms. The van der Waals surface area contributed by atoms with Crippen molar-refractivity contribution < 1.29 is 14.7 Å². The molecule has 0 saturated heterocycles. The Morgan fingerprint density at radius 3 is 2.37 bits per heavy atom. The van der Waals surface area contributed by atoms with Crippen LogP contribution in [0.15, 0.2) is 54.6 Å². The Balaban J connectivity index is 1.81. The average molecular weight is 419 g/mol. The molecule has 3 aromatic carbocycles. The number of hydrogen-bond acceptors (Lipinski definition) is 3. The first-order valence-electron chi connectivity index (χ1n) is 7.69. The van der Waals surface area contributed by atoms with Crippen molar-refractivity contribution in [3.05, 3.63) is 75.8 Å². The smallest absolute Gasteiger partial charge is 0.337 e. The Kier molecular flexibility index (Phi) is 5.60. The van der Waals surface area contributed by atoms with E-state index in [1.165, 1.54) is 12.1 Å². The number of carbonyl (C=O) groups is 2. The number of benzene rings is 3. The van der Waals surface area contributed by atoms with E-state index in [1.807, 2.05) is 30.3 Å². The van der Waals surface area contributed by atoms with Crippen molar-refractivity contribution in [3.8, 4) is 0 Å². The summed E-state index contributed by atoms with van der Waals surface area (Å²) in [7, 11) is 0. The van der Waals surface area contributed by atoms with Crippen LogP contribution < -0.4 is 10.6 Å². The number of thiocarbonyl (C=S) groups is 1. The zero-order chi connectivity index (χ0) is 19.6. The van der Waals surface area contributed by atoms with E-state index < -0.39 is 11.9 Å². The standard InChI is InChI=1S/C19H12Cl2N2O3S/c20-14-9-15(21)16(8-13(14)18(25)26)22-19(27)23-17(24)12-7-3-5-10-4-1-2-6-11(10)12/h1-9H,(H,25,26)(H2,22,23,24,27). The monoisotopic (exact) mass is 418 g/mol. The van der Waals surface area contributed by atoms with Gasteiger partial charge in [-0.15, -0.1) is 0 Å². The maximum atomic E-state index is 12.6. The van der Waals surface area contributed by atoms with Crippen LogP contribution in [0.1, 0.15) is 20.7 Å². The Bertz CT molecular complexity index is 1080. The highest BCUT2D eigenvalue weighted by Gasteiger charge is 2.15. The topological polar surface area (TPSA) is 78.4 Å². The second-order valence-corrected chi connectivity index (χ2v) is 6.77.